The Morgan fingerprint density at radius 2 is 2.00 bits per heavy atom. The first-order chi connectivity index (χ1) is 7.75. The standard InChI is InChI=1S/C13H10BrNO/c14-9-3-4-10-11(7-9)12(8-13(10)16)15-5-1-2-6-15/h1-7,12H,8H2. The molecule has 2 nitrogen and oxygen atoms in total. The van der Waals surface area contributed by atoms with Crippen LogP contribution in [0.4, 0.5) is 0 Å². The number of halogens is 1. The smallest absolute Gasteiger partial charge is 0.165 e. The van der Waals surface area contributed by atoms with Crippen LogP contribution in [-0.2, 0) is 0 Å². The molecule has 1 aliphatic rings. The Morgan fingerprint density at radius 1 is 1.25 bits per heavy atom. The normalized spacial score (nSPS) is 18.8. The van der Waals surface area contributed by atoms with Crippen LogP contribution < -0.4 is 0 Å². The van der Waals surface area contributed by atoms with Crippen LogP contribution in [0.1, 0.15) is 28.4 Å². The molecule has 16 heavy (non-hydrogen) atoms. The molecule has 0 aliphatic heterocycles. The second-order valence-corrected chi connectivity index (χ2v) is 4.92. The average Bonchev–Trinajstić information content (AvgIpc) is 2.86. The molecule has 0 fully saturated rings. The first-order valence-corrected chi connectivity index (χ1v) is 6.00. The molecule has 0 spiro atoms. The van der Waals surface area contributed by atoms with Crippen molar-refractivity contribution in [2.75, 3.05) is 0 Å². The second kappa shape index (κ2) is 3.59. The Bertz CT molecular complexity index is 545. The number of benzene rings is 1. The zero-order valence-corrected chi connectivity index (χ0v) is 10.1. The monoisotopic (exact) mass is 275 g/mol. The van der Waals surface area contributed by atoms with E-state index in [1.54, 1.807) is 0 Å². The van der Waals surface area contributed by atoms with Crippen molar-refractivity contribution in [1.82, 2.24) is 4.57 Å². The molecule has 0 amide bonds. The van der Waals surface area contributed by atoms with E-state index in [0.717, 1.165) is 15.6 Å². The van der Waals surface area contributed by atoms with E-state index in [4.69, 9.17) is 0 Å². The number of ketones is 1. The van der Waals surface area contributed by atoms with Crippen LogP contribution in [0.25, 0.3) is 0 Å². The highest BCUT2D eigenvalue weighted by Crippen LogP contribution is 2.35. The molecule has 80 valence electrons. The SMILES string of the molecule is O=C1CC(n2cccc2)c2cc(Br)ccc21. The summed E-state index contributed by atoms with van der Waals surface area (Å²) >= 11 is 3.46. The third-order valence-electron chi connectivity index (χ3n) is 3.04. The highest BCUT2D eigenvalue weighted by molar-refractivity contribution is 9.10. The topological polar surface area (TPSA) is 22.0 Å². The van der Waals surface area contributed by atoms with Crippen molar-refractivity contribution in [3.05, 3.63) is 58.3 Å². The Morgan fingerprint density at radius 3 is 2.75 bits per heavy atom. The van der Waals surface area contributed by atoms with Gasteiger partial charge < -0.3 is 4.57 Å². The Hall–Kier alpha value is -1.35. The lowest BCUT2D eigenvalue weighted by atomic mass is 10.1. The summed E-state index contributed by atoms with van der Waals surface area (Å²) in [5.41, 5.74) is 1.98. The molecule has 0 radical (unpaired) electrons. The van der Waals surface area contributed by atoms with Gasteiger partial charge in [-0.3, -0.25) is 4.79 Å². The van der Waals surface area contributed by atoms with Crippen molar-refractivity contribution < 1.29 is 4.79 Å². The van der Waals surface area contributed by atoms with Gasteiger partial charge in [-0.1, -0.05) is 15.9 Å². The van der Waals surface area contributed by atoms with Crippen molar-refractivity contribution in [2.24, 2.45) is 0 Å². The number of carbonyl (C=O) groups is 1. The largest absolute Gasteiger partial charge is 0.346 e. The fourth-order valence-corrected chi connectivity index (χ4v) is 2.66. The van der Waals surface area contributed by atoms with Crippen LogP contribution in [0, 0.1) is 0 Å². The molecule has 2 aromatic rings. The van der Waals surface area contributed by atoms with Crippen molar-refractivity contribution >= 4 is 21.7 Å². The molecule has 1 aliphatic carbocycles. The zero-order chi connectivity index (χ0) is 11.1. The van der Waals surface area contributed by atoms with E-state index in [1.165, 1.54) is 0 Å². The lowest BCUT2D eigenvalue weighted by Gasteiger charge is -2.12. The maximum absolute atomic E-state index is 11.9. The van der Waals surface area contributed by atoms with Gasteiger partial charge >= 0.3 is 0 Å². The minimum absolute atomic E-state index is 0.162. The summed E-state index contributed by atoms with van der Waals surface area (Å²) < 4.78 is 3.12. The number of nitrogens with zero attached hydrogens (tertiary/aromatic N) is 1. The zero-order valence-electron chi connectivity index (χ0n) is 8.56. The van der Waals surface area contributed by atoms with Crippen LogP contribution in [0.2, 0.25) is 0 Å². The number of aromatic nitrogens is 1. The Kier molecular flexibility index (Phi) is 2.21. The maximum atomic E-state index is 11.9. The predicted octanol–water partition coefficient (Wildman–Crippen LogP) is 3.43. The van der Waals surface area contributed by atoms with Crippen LogP contribution in [-0.4, -0.2) is 10.4 Å². The molecule has 1 heterocycles. The second-order valence-electron chi connectivity index (χ2n) is 4.00. The quantitative estimate of drug-likeness (QED) is 0.782. The van der Waals surface area contributed by atoms with Gasteiger partial charge in [0, 0.05) is 28.9 Å². The van der Waals surface area contributed by atoms with Gasteiger partial charge in [-0.2, -0.15) is 0 Å². The first kappa shape index (κ1) is 9.85. The summed E-state index contributed by atoms with van der Waals surface area (Å²) in [5.74, 6) is 0.237. The predicted molar refractivity (Wildman–Crippen MR) is 65.7 cm³/mol. The molecule has 0 bridgehead atoms. The van der Waals surface area contributed by atoms with E-state index >= 15 is 0 Å². The van der Waals surface area contributed by atoms with Gasteiger partial charge in [0.05, 0.1) is 6.04 Å². The Labute approximate surface area is 102 Å². The van der Waals surface area contributed by atoms with E-state index in [1.807, 2.05) is 42.7 Å². The molecule has 1 unspecified atom stereocenters. The number of Topliss-reactive ketones (excluding diaryl/α,β-unsaturated/α-hetero) is 1. The van der Waals surface area contributed by atoms with E-state index in [2.05, 4.69) is 20.5 Å². The number of carbonyl (C=O) groups excluding carboxylic acids is 1. The van der Waals surface area contributed by atoms with Crippen LogP contribution in [0.3, 0.4) is 0 Å². The molecule has 3 rings (SSSR count). The number of hydrogen-bond acceptors (Lipinski definition) is 1. The van der Waals surface area contributed by atoms with Crippen LogP contribution in [0.5, 0.6) is 0 Å². The third-order valence-corrected chi connectivity index (χ3v) is 3.53. The number of rotatable bonds is 1. The van der Waals surface area contributed by atoms with Gasteiger partial charge in [0.15, 0.2) is 5.78 Å². The van der Waals surface area contributed by atoms with Gasteiger partial charge in [0.2, 0.25) is 0 Å². The average molecular weight is 276 g/mol. The molecular formula is C13H10BrNO. The van der Waals surface area contributed by atoms with Crippen molar-refractivity contribution in [2.45, 2.75) is 12.5 Å². The third kappa shape index (κ3) is 1.43. The first-order valence-electron chi connectivity index (χ1n) is 5.21. The van der Waals surface area contributed by atoms with Crippen molar-refractivity contribution in [3.8, 4) is 0 Å². The van der Waals surface area contributed by atoms with Gasteiger partial charge in [0.1, 0.15) is 0 Å². The van der Waals surface area contributed by atoms with Crippen molar-refractivity contribution in [1.29, 1.82) is 0 Å². The lowest BCUT2D eigenvalue weighted by Crippen LogP contribution is -2.04. The summed E-state index contributed by atoms with van der Waals surface area (Å²) in [6.45, 7) is 0. The van der Waals surface area contributed by atoms with E-state index < -0.39 is 0 Å². The summed E-state index contributed by atoms with van der Waals surface area (Å²) in [5, 5.41) is 0. The summed E-state index contributed by atoms with van der Waals surface area (Å²) in [7, 11) is 0. The van der Waals surface area contributed by atoms with Gasteiger partial charge in [-0.05, 0) is 35.9 Å². The molecule has 0 N–H and O–H groups in total. The van der Waals surface area contributed by atoms with Crippen LogP contribution in [0.15, 0.2) is 47.2 Å². The van der Waals surface area contributed by atoms with E-state index in [0.29, 0.717) is 6.42 Å². The van der Waals surface area contributed by atoms with Crippen LogP contribution >= 0.6 is 15.9 Å². The van der Waals surface area contributed by atoms with E-state index in [9.17, 15) is 4.79 Å². The molecular weight excluding hydrogens is 266 g/mol. The Balaban J connectivity index is 2.14. The van der Waals surface area contributed by atoms with Gasteiger partial charge in [0.25, 0.3) is 0 Å². The number of fused-ring (bicyclic) bond motifs is 1. The summed E-state index contributed by atoms with van der Waals surface area (Å²) in [6, 6.07) is 10.0. The fraction of sp³-hybridized carbons (Fsp3) is 0.154. The lowest BCUT2D eigenvalue weighted by molar-refractivity contribution is 0.0986. The number of hydrogen-bond donors (Lipinski definition) is 0. The molecule has 1 aromatic heterocycles. The van der Waals surface area contributed by atoms with Gasteiger partial charge in [-0.15, -0.1) is 0 Å². The molecule has 1 atom stereocenters. The molecule has 0 saturated carbocycles. The summed E-state index contributed by atoms with van der Waals surface area (Å²) in [6.07, 6.45) is 4.59. The minimum Gasteiger partial charge on any atom is -0.346 e. The molecule has 1 aromatic carbocycles. The molecule has 0 saturated heterocycles. The maximum Gasteiger partial charge on any atom is 0.165 e. The molecule has 3 heteroatoms. The van der Waals surface area contributed by atoms with Gasteiger partial charge in [-0.25, -0.2) is 0 Å². The fourth-order valence-electron chi connectivity index (χ4n) is 2.28. The highest BCUT2D eigenvalue weighted by Gasteiger charge is 2.29. The van der Waals surface area contributed by atoms with Crippen molar-refractivity contribution in [3.63, 3.8) is 0 Å². The minimum atomic E-state index is 0.162. The van der Waals surface area contributed by atoms with E-state index in [-0.39, 0.29) is 11.8 Å². The summed E-state index contributed by atoms with van der Waals surface area (Å²) in [4.78, 5) is 11.9. The highest BCUT2D eigenvalue weighted by atomic mass is 79.9.